The number of nitrogens with zero attached hydrogens (tertiary/aromatic N) is 3. The van der Waals surface area contributed by atoms with E-state index in [9.17, 15) is 14.9 Å². The van der Waals surface area contributed by atoms with Gasteiger partial charge in [-0.15, -0.1) is 0 Å². The number of benzene rings is 2. The Balaban J connectivity index is 1.18. The molecule has 7 nitrogen and oxygen atoms in total. The molecule has 0 unspecified atom stereocenters. The minimum absolute atomic E-state index is 0.0478. The molecule has 0 aromatic heterocycles. The van der Waals surface area contributed by atoms with Crippen LogP contribution in [-0.4, -0.2) is 49.0 Å². The smallest absolute Gasteiger partial charge is 0.235 e. The average molecular weight is 445 g/mol. The molecule has 2 aromatic carbocycles. The monoisotopic (exact) mass is 444 g/mol. The molecule has 5 rings (SSSR count). The number of ether oxygens (including phenoxy) is 1. The Bertz CT molecular complexity index is 1160. The van der Waals surface area contributed by atoms with Crippen LogP contribution in [0.25, 0.3) is 0 Å². The number of anilines is 2. The molecule has 2 aromatic rings. The SMILES string of the molecule is CC(C)N1C(=O)Cc2cc(OCCN3CCC4(CC3)C(=O)Nc3ccc(C#N)cc34)ccc21. The predicted octanol–water partition coefficient (Wildman–Crippen LogP) is 3.22. The molecule has 0 saturated carbocycles. The van der Waals surface area contributed by atoms with Crippen LogP contribution in [0.3, 0.4) is 0 Å². The topological polar surface area (TPSA) is 85.7 Å². The van der Waals surface area contributed by atoms with Gasteiger partial charge in [0, 0.05) is 24.0 Å². The van der Waals surface area contributed by atoms with Crippen molar-refractivity contribution >= 4 is 23.2 Å². The summed E-state index contributed by atoms with van der Waals surface area (Å²) < 4.78 is 6.00. The van der Waals surface area contributed by atoms with Gasteiger partial charge in [0.25, 0.3) is 0 Å². The highest BCUT2D eigenvalue weighted by Gasteiger charge is 2.48. The van der Waals surface area contributed by atoms with Gasteiger partial charge >= 0.3 is 0 Å². The first kappa shape index (κ1) is 21.5. The zero-order valence-electron chi connectivity index (χ0n) is 19.1. The van der Waals surface area contributed by atoms with E-state index in [1.54, 1.807) is 6.07 Å². The molecule has 7 heteroatoms. The molecule has 1 fully saturated rings. The van der Waals surface area contributed by atoms with Crippen molar-refractivity contribution in [2.45, 2.75) is 44.6 Å². The number of nitriles is 1. The van der Waals surface area contributed by atoms with Crippen molar-refractivity contribution in [3.05, 3.63) is 53.1 Å². The first-order valence-corrected chi connectivity index (χ1v) is 11.6. The summed E-state index contributed by atoms with van der Waals surface area (Å²) >= 11 is 0. The molecule has 2 amide bonds. The predicted molar refractivity (Wildman–Crippen MR) is 125 cm³/mol. The first-order chi connectivity index (χ1) is 15.9. The number of hydrogen-bond acceptors (Lipinski definition) is 5. The largest absolute Gasteiger partial charge is 0.492 e. The molecule has 3 heterocycles. The summed E-state index contributed by atoms with van der Waals surface area (Å²) in [6.07, 6.45) is 1.88. The van der Waals surface area contributed by atoms with Crippen LogP contribution in [0.1, 0.15) is 43.4 Å². The Morgan fingerprint density at radius 1 is 1.15 bits per heavy atom. The fourth-order valence-corrected chi connectivity index (χ4v) is 5.41. The summed E-state index contributed by atoms with van der Waals surface area (Å²) in [5.41, 5.74) is 3.86. The van der Waals surface area contributed by atoms with Gasteiger partial charge in [0.1, 0.15) is 12.4 Å². The Morgan fingerprint density at radius 2 is 1.94 bits per heavy atom. The maximum Gasteiger partial charge on any atom is 0.235 e. The molecule has 33 heavy (non-hydrogen) atoms. The minimum atomic E-state index is -0.533. The number of carbonyl (C=O) groups excluding carboxylic acids is 2. The summed E-state index contributed by atoms with van der Waals surface area (Å²) in [5.74, 6) is 0.971. The molecule has 170 valence electrons. The van der Waals surface area contributed by atoms with Crippen molar-refractivity contribution < 1.29 is 14.3 Å². The van der Waals surface area contributed by atoms with Gasteiger partial charge < -0.3 is 15.0 Å². The highest BCUT2D eigenvalue weighted by atomic mass is 16.5. The quantitative estimate of drug-likeness (QED) is 0.765. The standard InChI is InChI=1S/C26H28N4O3/c1-17(2)30-23-6-4-20(14-19(23)15-24(30)31)33-12-11-29-9-7-26(8-10-29)21-13-18(16-27)3-5-22(21)28-25(26)32/h3-6,13-14,17H,7-12,15H2,1-2H3,(H,28,32). The van der Waals surface area contributed by atoms with Crippen molar-refractivity contribution in [2.75, 3.05) is 36.5 Å². The lowest BCUT2D eigenvalue weighted by molar-refractivity contribution is -0.122. The van der Waals surface area contributed by atoms with Crippen LogP contribution < -0.4 is 15.0 Å². The van der Waals surface area contributed by atoms with Crippen LogP contribution >= 0.6 is 0 Å². The van der Waals surface area contributed by atoms with E-state index in [0.29, 0.717) is 18.6 Å². The normalized spacial score (nSPS) is 18.9. The zero-order chi connectivity index (χ0) is 23.2. The van der Waals surface area contributed by atoms with Crippen molar-refractivity contribution in [3.8, 4) is 11.8 Å². The van der Waals surface area contributed by atoms with Gasteiger partial charge in [0.2, 0.25) is 11.8 Å². The van der Waals surface area contributed by atoms with Crippen LogP contribution in [0.4, 0.5) is 11.4 Å². The van der Waals surface area contributed by atoms with Crippen LogP contribution in [-0.2, 0) is 21.4 Å². The zero-order valence-corrected chi connectivity index (χ0v) is 19.1. The minimum Gasteiger partial charge on any atom is -0.492 e. The lowest BCUT2D eigenvalue weighted by Crippen LogP contribution is -2.47. The van der Waals surface area contributed by atoms with Gasteiger partial charge in [-0.25, -0.2) is 0 Å². The second kappa shape index (κ2) is 8.20. The maximum absolute atomic E-state index is 12.8. The second-order valence-electron chi connectivity index (χ2n) is 9.42. The van der Waals surface area contributed by atoms with E-state index in [4.69, 9.17) is 4.74 Å². The van der Waals surface area contributed by atoms with Crippen LogP contribution in [0.15, 0.2) is 36.4 Å². The molecule has 3 aliphatic heterocycles. The highest BCUT2D eigenvalue weighted by molar-refractivity contribution is 6.06. The van der Waals surface area contributed by atoms with E-state index in [-0.39, 0.29) is 17.9 Å². The number of hydrogen-bond donors (Lipinski definition) is 1. The molecule has 3 aliphatic rings. The van der Waals surface area contributed by atoms with Gasteiger partial charge in [0.05, 0.1) is 23.5 Å². The molecule has 0 bridgehead atoms. The van der Waals surface area contributed by atoms with Crippen LogP contribution in [0, 0.1) is 11.3 Å². The van der Waals surface area contributed by atoms with Gasteiger partial charge in [-0.3, -0.25) is 14.5 Å². The number of amides is 2. The molecule has 0 radical (unpaired) electrons. The average Bonchev–Trinajstić information content (AvgIpc) is 3.27. The van der Waals surface area contributed by atoms with Crippen molar-refractivity contribution in [3.63, 3.8) is 0 Å². The molecular weight excluding hydrogens is 416 g/mol. The third-order valence-corrected chi connectivity index (χ3v) is 7.17. The molecule has 1 saturated heterocycles. The fraction of sp³-hybridized carbons (Fsp3) is 0.423. The van der Waals surface area contributed by atoms with E-state index < -0.39 is 5.41 Å². The Morgan fingerprint density at radius 3 is 2.67 bits per heavy atom. The molecular formula is C26H28N4O3. The summed E-state index contributed by atoms with van der Waals surface area (Å²) in [6.45, 7) is 6.97. The number of piperidine rings is 1. The van der Waals surface area contributed by atoms with Gasteiger partial charge in [-0.1, -0.05) is 0 Å². The Labute approximate surface area is 193 Å². The third-order valence-electron chi connectivity index (χ3n) is 7.17. The van der Waals surface area contributed by atoms with E-state index in [1.807, 2.05) is 49.1 Å². The van der Waals surface area contributed by atoms with Crippen molar-refractivity contribution in [2.24, 2.45) is 0 Å². The van der Waals surface area contributed by atoms with E-state index in [2.05, 4.69) is 16.3 Å². The molecule has 1 spiro atoms. The lowest BCUT2D eigenvalue weighted by atomic mass is 9.73. The maximum atomic E-state index is 12.8. The second-order valence-corrected chi connectivity index (χ2v) is 9.42. The van der Waals surface area contributed by atoms with Crippen LogP contribution in [0.5, 0.6) is 5.75 Å². The number of carbonyl (C=O) groups is 2. The van der Waals surface area contributed by atoms with E-state index >= 15 is 0 Å². The van der Waals surface area contributed by atoms with E-state index in [0.717, 1.165) is 60.7 Å². The van der Waals surface area contributed by atoms with Gasteiger partial charge in [-0.2, -0.15) is 5.26 Å². The van der Waals surface area contributed by atoms with Crippen LogP contribution in [0.2, 0.25) is 0 Å². The molecule has 0 atom stereocenters. The Hall–Kier alpha value is -3.37. The van der Waals surface area contributed by atoms with Gasteiger partial charge in [-0.05, 0) is 87.3 Å². The Kier molecular flexibility index (Phi) is 5.34. The lowest BCUT2D eigenvalue weighted by Gasteiger charge is -2.38. The highest BCUT2D eigenvalue weighted by Crippen LogP contribution is 2.45. The number of likely N-dealkylation sites (tertiary alicyclic amines) is 1. The summed E-state index contributed by atoms with van der Waals surface area (Å²) in [7, 11) is 0. The number of rotatable bonds is 5. The van der Waals surface area contributed by atoms with E-state index in [1.165, 1.54) is 0 Å². The molecule has 0 aliphatic carbocycles. The van der Waals surface area contributed by atoms with Crippen molar-refractivity contribution in [1.82, 2.24) is 4.90 Å². The number of fused-ring (bicyclic) bond motifs is 3. The first-order valence-electron chi connectivity index (χ1n) is 11.6. The van der Waals surface area contributed by atoms with Gasteiger partial charge in [0.15, 0.2) is 0 Å². The summed E-state index contributed by atoms with van der Waals surface area (Å²) in [6, 6.07) is 13.7. The summed E-state index contributed by atoms with van der Waals surface area (Å²) in [5, 5.41) is 12.3. The summed E-state index contributed by atoms with van der Waals surface area (Å²) in [4.78, 5) is 29.3. The molecule has 1 N–H and O–H groups in total. The fourth-order valence-electron chi connectivity index (χ4n) is 5.41. The third kappa shape index (κ3) is 3.65. The number of nitrogens with one attached hydrogen (secondary N) is 1. The van der Waals surface area contributed by atoms with Crippen molar-refractivity contribution in [1.29, 1.82) is 5.26 Å².